The number of oxazole rings is 1. The summed E-state index contributed by atoms with van der Waals surface area (Å²) in [5, 5.41) is 3.92. The minimum atomic E-state index is -0.0824. The van der Waals surface area contributed by atoms with Gasteiger partial charge in [0.2, 0.25) is 5.91 Å². The van der Waals surface area contributed by atoms with Crippen molar-refractivity contribution in [2.45, 2.75) is 27.2 Å². The van der Waals surface area contributed by atoms with E-state index in [2.05, 4.69) is 16.4 Å². The summed E-state index contributed by atoms with van der Waals surface area (Å²) in [4.78, 5) is 16.8. The first-order valence-corrected chi connectivity index (χ1v) is 8.80. The van der Waals surface area contributed by atoms with E-state index in [9.17, 15) is 4.79 Å². The number of amides is 1. The zero-order valence-corrected chi connectivity index (χ0v) is 15.5. The Morgan fingerprint density at radius 3 is 2.48 bits per heavy atom. The number of benzene rings is 2. The minimum absolute atomic E-state index is 0.0824. The topological polar surface area (TPSA) is 68.3 Å². The molecule has 0 saturated heterocycles. The molecule has 136 valence electrons. The molecule has 5 nitrogen and oxygen atoms in total. The molecule has 0 bridgehead atoms. The van der Waals surface area contributed by atoms with Crippen molar-refractivity contribution in [3.05, 3.63) is 71.5 Å². The molecule has 27 heavy (non-hydrogen) atoms. The SMILES string of the molecule is Cc1nc(-c2ccc(NC(=O)Cc3coc4c(C)c(C)ccc34)cc2)co1. The van der Waals surface area contributed by atoms with Gasteiger partial charge in [0.25, 0.3) is 0 Å². The van der Waals surface area contributed by atoms with Crippen molar-refractivity contribution in [1.82, 2.24) is 4.98 Å². The lowest BCUT2D eigenvalue weighted by atomic mass is 10.0. The molecule has 2 heterocycles. The zero-order chi connectivity index (χ0) is 19.0. The first-order chi connectivity index (χ1) is 13.0. The van der Waals surface area contributed by atoms with Gasteiger partial charge in [0.15, 0.2) is 5.89 Å². The molecule has 0 atom stereocenters. The van der Waals surface area contributed by atoms with Crippen LogP contribution in [0.2, 0.25) is 0 Å². The quantitative estimate of drug-likeness (QED) is 0.543. The van der Waals surface area contributed by atoms with Crippen LogP contribution in [0.15, 0.2) is 57.8 Å². The van der Waals surface area contributed by atoms with Gasteiger partial charge in [-0.25, -0.2) is 4.98 Å². The molecule has 0 aliphatic rings. The number of anilines is 1. The number of hydrogen-bond donors (Lipinski definition) is 1. The van der Waals surface area contributed by atoms with Crippen LogP contribution in [0.5, 0.6) is 0 Å². The molecule has 0 aliphatic heterocycles. The highest BCUT2D eigenvalue weighted by atomic mass is 16.3. The Balaban J connectivity index is 1.47. The molecular weight excluding hydrogens is 340 g/mol. The van der Waals surface area contributed by atoms with E-state index in [0.717, 1.165) is 39.0 Å². The third-order valence-corrected chi connectivity index (χ3v) is 4.78. The monoisotopic (exact) mass is 360 g/mol. The van der Waals surface area contributed by atoms with Gasteiger partial charge in [0.05, 0.1) is 12.7 Å². The predicted molar refractivity (Wildman–Crippen MR) is 105 cm³/mol. The second-order valence-electron chi connectivity index (χ2n) is 6.70. The number of carbonyl (C=O) groups is 1. The van der Waals surface area contributed by atoms with E-state index < -0.39 is 0 Å². The maximum Gasteiger partial charge on any atom is 0.228 e. The van der Waals surface area contributed by atoms with Crippen molar-refractivity contribution in [3.8, 4) is 11.3 Å². The highest BCUT2D eigenvalue weighted by Crippen LogP contribution is 2.27. The van der Waals surface area contributed by atoms with Gasteiger partial charge in [-0.15, -0.1) is 0 Å². The van der Waals surface area contributed by atoms with Gasteiger partial charge >= 0.3 is 0 Å². The maximum atomic E-state index is 12.5. The Kier molecular flexibility index (Phi) is 4.28. The van der Waals surface area contributed by atoms with Gasteiger partial charge in [-0.2, -0.15) is 0 Å². The summed E-state index contributed by atoms with van der Waals surface area (Å²) in [5.74, 6) is 0.543. The number of carbonyl (C=O) groups excluding carboxylic acids is 1. The number of nitrogens with one attached hydrogen (secondary N) is 1. The smallest absolute Gasteiger partial charge is 0.228 e. The molecule has 0 spiro atoms. The number of nitrogens with zero attached hydrogens (tertiary/aromatic N) is 1. The molecule has 1 amide bonds. The minimum Gasteiger partial charge on any atom is -0.464 e. The summed E-state index contributed by atoms with van der Waals surface area (Å²) in [7, 11) is 0. The summed E-state index contributed by atoms with van der Waals surface area (Å²) < 4.78 is 10.9. The number of rotatable bonds is 4. The fourth-order valence-electron chi connectivity index (χ4n) is 3.12. The molecule has 0 fully saturated rings. The van der Waals surface area contributed by atoms with Crippen LogP contribution in [-0.2, 0) is 11.2 Å². The molecule has 0 radical (unpaired) electrons. The molecule has 4 rings (SSSR count). The summed E-state index contributed by atoms with van der Waals surface area (Å²) in [6, 6.07) is 11.6. The van der Waals surface area contributed by atoms with Gasteiger partial charge in [0, 0.05) is 29.1 Å². The van der Waals surface area contributed by atoms with E-state index in [-0.39, 0.29) is 12.3 Å². The Morgan fingerprint density at radius 1 is 1.00 bits per heavy atom. The molecule has 0 unspecified atom stereocenters. The van der Waals surface area contributed by atoms with Crippen LogP contribution in [0, 0.1) is 20.8 Å². The largest absolute Gasteiger partial charge is 0.464 e. The lowest BCUT2D eigenvalue weighted by Gasteiger charge is -2.06. The zero-order valence-electron chi connectivity index (χ0n) is 15.5. The number of aryl methyl sites for hydroxylation is 3. The van der Waals surface area contributed by atoms with E-state index in [1.165, 1.54) is 5.56 Å². The summed E-state index contributed by atoms with van der Waals surface area (Å²) in [5.41, 5.74) is 6.49. The average Bonchev–Trinajstić information content (AvgIpc) is 3.26. The van der Waals surface area contributed by atoms with E-state index in [0.29, 0.717) is 5.89 Å². The third kappa shape index (κ3) is 3.36. The number of aromatic nitrogens is 1. The molecule has 0 aliphatic carbocycles. The predicted octanol–water partition coefficient (Wildman–Crippen LogP) is 5.19. The number of fused-ring (bicyclic) bond motifs is 1. The summed E-state index contributed by atoms with van der Waals surface area (Å²) in [6.45, 7) is 5.89. The van der Waals surface area contributed by atoms with Crippen LogP contribution in [0.3, 0.4) is 0 Å². The third-order valence-electron chi connectivity index (χ3n) is 4.78. The van der Waals surface area contributed by atoms with Crippen molar-refractivity contribution in [2.75, 3.05) is 5.32 Å². The lowest BCUT2D eigenvalue weighted by Crippen LogP contribution is -2.14. The Bertz CT molecular complexity index is 1120. The molecule has 2 aromatic carbocycles. The van der Waals surface area contributed by atoms with Crippen molar-refractivity contribution >= 4 is 22.6 Å². The van der Waals surface area contributed by atoms with E-state index in [1.807, 2.05) is 44.2 Å². The average molecular weight is 360 g/mol. The lowest BCUT2D eigenvalue weighted by molar-refractivity contribution is -0.115. The molecule has 2 aromatic heterocycles. The summed E-state index contributed by atoms with van der Waals surface area (Å²) >= 11 is 0. The van der Waals surface area contributed by atoms with E-state index in [4.69, 9.17) is 8.83 Å². The van der Waals surface area contributed by atoms with Crippen LogP contribution in [0.1, 0.15) is 22.6 Å². The Hall–Kier alpha value is -3.34. The molecule has 1 N–H and O–H groups in total. The molecule has 5 heteroatoms. The summed E-state index contributed by atoms with van der Waals surface area (Å²) in [6.07, 6.45) is 3.56. The highest BCUT2D eigenvalue weighted by molar-refractivity contribution is 5.96. The van der Waals surface area contributed by atoms with Gasteiger partial charge in [-0.05, 0) is 37.1 Å². The number of hydrogen-bond acceptors (Lipinski definition) is 4. The van der Waals surface area contributed by atoms with Crippen molar-refractivity contribution in [2.24, 2.45) is 0 Å². The van der Waals surface area contributed by atoms with Crippen molar-refractivity contribution in [1.29, 1.82) is 0 Å². The van der Waals surface area contributed by atoms with E-state index >= 15 is 0 Å². The Morgan fingerprint density at radius 2 is 1.78 bits per heavy atom. The standard InChI is InChI=1S/C22H20N2O3/c1-13-4-9-19-17(11-27-22(19)14(13)2)10-21(25)24-18-7-5-16(6-8-18)20-12-26-15(3)23-20/h4-9,11-12H,10H2,1-3H3,(H,24,25). The molecule has 0 saturated carbocycles. The van der Waals surface area contributed by atoms with Crippen LogP contribution in [0.25, 0.3) is 22.2 Å². The maximum absolute atomic E-state index is 12.5. The molecular formula is C22H20N2O3. The fraction of sp³-hybridized carbons (Fsp3) is 0.182. The first kappa shape index (κ1) is 17.1. The van der Waals surface area contributed by atoms with Gasteiger partial charge in [0.1, 0.15) is 17.5 Å². The molecule has 4 aromatic rings. The van der Waals surface area contributed by atoms with Crippen LogP contribution in [0.4, 0.5) is 5.69 Å². The van der Waals surface area contributed by atoms with Gasteiger partial charge in [-0.3, -0.25) is 4.79 Å². The van der Waals surface area contributed by atoms with Crippen molar-refractivity contribution in [3.63, 3.8) is 0 Å². The number of furan rings is 1. The van der Waals surface area contributed by atoms with Crippen molar-refractivity contribution < 1.29 is 13.6 Å². The second kappa shape index (κ2) is 6.76. The van der Waals surface area contributed by atoms with Crippen LogP contribution >= 0.6 is 0 Å². The van der Waals surface area contributed by atoms with Gasteiger partial charge in [-0.1, -0.05) is 24.3 Å². The fourth-order valence-corrected chi connectivity index (χ4v) is 3.12. The van der Waals surface area contributed by atoms with Crippen LogP contribution < -0.4 is 5.32 Å². The Labute approximate surface area is 157 Å². The normalized spacial score (nSPS) is 11.1. The van der Waals surface area contributed by atoms with E-state index in [1.54, 1.807) is 19.5 Å². The first-order valence-electron chi connectivity index (χ1n) is 8.80. The van der Waals surface area contributed by atoms with Crippen LogP contribution in [-0.4, -0.2) is 10.9 Å². The second-order valence-corrected chi connectivity index (χ2v) is 6.70. The van der Waals surface area contributed by atoms with Gasteiger partial charge < -0.3 is 14.2 Å². The highest BCUT2D eigenvalue weighted by Gasteiger charge is 2.13.